The Morgan fingerprint density at radius 2 is 1.83 bits per heavy atom. The zero-order chi connectivity index (χ0) is 16.2. The zero-order valence-corrected chi connectivity index (χ0v) is 13.7. The van der Waals surface area contributed by atoms with Crippen LogP contribution in [-0.4, -0.2) is 38.3 Å². The number of benzene rings is 2. The number of hydrogen-bond acceptors (Lipinski definition) is 4. The van der Waals surface area contributed by atoms with E-state index < -0.39 is 0 Å². The van der Waals surface area contributed by atoms with Gasteiger partial charge in [0.15, 0.2) is 0 Å². The third-order valence-corrected chi connectivity index (χ3v) is 4.53. The minimum Gasteiger partial charge on any atom is -0.497 e. The summed E-state index contributed by atoms with van der Waals surface area (Å²) in [5.74, 6) is 1.93. The first-order valence-electron chi connectivity index (χ1n) is 7.95. The van der Waals surface area contributed by atoms with E-state index >= 15 is 0 Å². The maximum atomic E-state index is 6.42. The zero-order valence-electron chi connectivity index (χ0n) is 13.7. The second-order valence-electron chi connectivity index (χ2n) is 6.06. The fourth-order valence-corrected chi connectivity index (χ4v) is 3.34. The molecule has 122 valence electrons. The molecule has 0 aromatic heterocycles. The molecule has 4 nitrogen and oxygen atoms in total. The monoisotopic (exact) mass is 312 g/mol. The van der Waals surface area contributed by atoms with Crippen LogP contribution in [-0.2, 0) is 6.54 Å². The average molecular weight is 312 g/mol. The molecule has 0 aliphatic carbocycles. The van der Waals surface area contributed by atoms with Crippen molar-refractivity contribution in [2.75, 3.05) is 27.3 Å². The van der Waals surface area contributed by atoms with Crippen molar-refractivity contribution < 1.29 is 9.47 Å². The predicted molar refractivity (Wildman–Crippen MR) is 92.0 cm³/mol. The molecule has 4 heteroatoms. The Hall–Kier alpha value is -2.04. The van der Waals surface area contributed by atoms with Crippen LogP contribution in [0.3, 0.4) is 0 Å². The van der Waals surface area contributed by atoms with Gasteiger partial charge in [0.25, 0.3) is 0 Å². The van der Waals surface area contributed by atoms with E-state index in [9.17, 15) is 0 Å². The van der Waals surface area contributed by atoms with Gasteiger partial charge in [-0.15, -0.1) is 0 Å². The minimum atomic E-state index is 0.112. The highest BCUT2D eigenvalue weighted by Crippen LogP contribution is 2.35. The first kappa shape index (κ1) is 15.8. The fourth-order valence-electron chi connectivity index (χ4n) is 3.34. The molecule has 0 spiro atoms. The van der Waals surface area contributed by atoms with Crippen molar-refractivity contribution in [1.29, 1.82) is 0 Å². The van der Waals surface area contributed by atoms with Crippen LogP contribution >= 0.6 is 0 Å². The van der Waals surface area contributed by atoms with Crippen LogP contribution in [0.1, 0.15) is 17.0 Å². The quantitative estimate of drug-likeness (QED) is 0.922. The summed E-state index contributed by atoms with van der Waals surface area (Å²) in [6, 6.07) is 16.6. The maximum absolute atomic E-state index is 6.42. The van der Waals surface area contributed by atoms with Crippen molar-refractivity contribution in [2.45, 2.75) is 18.5 Å². The van der Waals surface area contributed by atoms with Crippen LogP contribution in [0.15, 0.2) is 48.5 Å². The number of likely N-dealkylation sites (tertiary alicyclic amines) is 1. The standard InChI is InChI=1S/C19H24N2O2/c1-22-15-8-9-16(19(10-15)23-2)17-12-21(13-18(17)20)11-14-6-4-3-5-7-14/h3-10,17-18H,11-13,20H2,1-2H3. The van der Waals surface area contributed by atoms with Crippen molar-refractivity contribution in [1.82, 2.24) is 4.90 Å². The van der Waals surface area contributed by atoms with E-state index in [0.29, 0.717) is 0 Å². The lowest BCUT2D eigenvalue weighted by Crippen LogP contribution is -2.28. The summed E-state index contributed by atoms with van der Waals surface area (Å²) in [5, 5.41) is 0. The summed E-state index contributed by atoms with van der Waals surface area (Å²) < 4.78 is 10.8. The molecule has 2 aromatic carbocycles. The summed E-state index contributed by atoms with van der Waals surface area (Å²) in [6.45, 7) is 2.77. The number of rotatable bonds is 5. The van der Waals surface area contributed by atoms with Crippen LogP contribution in [0.25, 0.3) is 0 Å². The lowest BCUT2D eigenvalue weighted by atomic mass is 9.94. The molecule has 0 saturated carbocycles. The normalized spacial score (nSPS) is 21.3. The van der Waals surface area contributed by atoms with Crippen LogP contribution in [0.2, 0.25) is 0 Å². The molecule has 23 heavy (non-hydrogen) atoms. The highest BCUT2D eigenvalue weighted by molar-refractivity contribution is 5.44. The van der Waals surface area contributed by atoms with E-state index in [-0.39, 0.29) is 12.0 Å². The molecule has 0 radical (unpaired) electrons. The van der Waals surface area contributed by atoms with Gasteiger partial charge >= 0.3 is 0 Å². The molecule has 2 aromatic rings. The van der Waals surface area contributed by atoms with Crippen molar-refractivity contribution >= 4 is 0 Å². The van der Waals surface area contributed by atoms with Crippen molar-refractivity contribution in [3.05, 3.63) is 59.7 Å². The maximum Gasteiger partial charge on any atom is 0.126 e. The van der Waals surface area contributed by atoms with Crippen LogP contribution in [0.4, 0.5) is 0 Å². The van der Waals surface area contributed by atoms with Gasteiger partial charge in [-0.1, -0.05) is 36.4 Å². The number of hydrogen-bond donors (Lipinski definition) is 1. The van der Waals surface area contributed by atoms with Gasteiger partial charge in [-0.2, -0.15) is 0 Å². The number of methoxy groups -OCH3 is 2. The van der Waals surface area contributed by atoms with Gasteiger partial charge in [0.2, 0.25) is 0 Å². The van der Waals surface area contributed by atoms with Gasteiger partial charge in [0.1, 0.15) is 11.5 Å². The van der Waals surface area contributed by atoms with E-state index in [0.717, 1.165) is 36.7 Å². The SMILES string of the molecule is COc1ccc(C2CN(Cc3ccccc3)CC2N)c(OC)c1. The Morgan fingerprint density at radius 3 is 2.52 bits per heavy atom. The molecule has 2 N–H and O–H groups in total. The smallest absolute Gasteiger partial charge is 0.126 e. The first-order chi connectivity index (χ1) is 11.2. The summed E-state index contributed by atoms with van der Waals surface area (Å²) in [4.78, 5) is 2.41. The molecule has 1 aliphatic rings. The Morgan fingerprint density at radius 1 is 1.04 bits per heavy atom. The lowest BCUT2D eigenvalue weighted by molar-refractivity contribution is 0.322. The Balaban J connectivity index is 1.76. The predicted octanol–water partition coefficient (Wildman–Crippen LogP) is 2.63. The van der Waals surface area contributed by atoms with E-state index in [1.54, 1.807) is 14.2 Å². The highest BCUT2D eigenvalue weighted by Gasteiger charge is 2.33. The summed E-state index contributed by atoms with van der Waals surface area (Å²) in [6.07, 6.45) is 0. The molecule has 0 amide bonds. The number of nitrogens with zero attached hydrogens (tertiary/aromatic N) is 1. The average Bonchev–Trinajstić information content (AvgIpc) is 2.95. The Bertz CT molecular complexity index is 645. The van der Waals surface area contributed by atoms with Gasteiger partial charge in [0.05, 0.1) is 14.2 Å². The minimum absolute atomic E-state index is 0.112. The summed E-state index contributed by atoms with van der Waals surface area (Å²) >= 11 is 0. The lowest BCUT2D eigenvalue weighted by Gasteiger charge is -2.19. The van der Waals surface area contributed by atoms with E-state index in [2.05, 4.69) is 35.2 Å². The summed E-state index contributed by atoms with van der Waals surface area (Å²) in [5.41, 5.74) is 8.91. The van der Waals surface area contributed by atoms with E-state index in [1.807, 2.05) is 18.2 Å². The Labute approximate surface area is 137 Å². The van der Waals surface area contributed by atoms with Gasteiger partial charge in [-0.3, -0.25) is 4.90 Å². The molecule has 2 unspecified atom stereocenters. The molecular weight excluding hydrogens is 288 g/mol. The molecular formula is C19H24N2O2. The summed E-state index contributed by atoms with van der Waals surface area (Å²) in [7, 11) is 3.36. The van der Waals surface area contributed by atoms with Gasteiger partial charge in [0, 0.05) is 43.2 Å². The third kappa shape index (κ3) is 3.49. The van der Waals surface area contributed by atoms with Crippen molar-refractivity contribution in [3.63, 3.8) is 0 Å². The second kappa shape index (κ2) is 7.02. The van der Waals surface area contributed by atoms with Gasteiger partial charge in [-0.25, -0.2) is 0 Å². The number of nitrogens with two attached hydrogens (primary N) is 1. The highest BCUT2D eigenvalue weighted by atomic mass is 16.5. The van der Waals surface area contributed by atoms with Crippen LogP contribution < -0.4 is 15.2 Å². The van der Waals surface area contributed by atoms with E-state index in [4.69, 9.17) is 15.2 Å². The molecule has 1 fully saturated rings. The van der Waals surface area contributed by atoms with Crippen LogP contribution in [0, 0.1) is 0 Å². The van der Waals surface area contributed by atoms with Gasteiger partial charge < -0.3 is 15.2 Å². The van der Waals surface area contributed by atoms with Crippen molar-refractivity contribution in [2.24, 2.45) is 5.73 Å². The molecule has 1 saturated heterocycles. The third-order valence-electron chi connectivity index (χ3n) is 4.53. The Kier molecular flexibility index (Phi) is 4.84. The van der Waals surface area contributed by atoms with Crippen LogP contribution in [0.5, 0.6) is 11.5 Å². The molecule has 0 bridgehead atoms. The topological polar surface area (TPSA) is 47.7 Å². The van der Waals surface area contributed by atoms with E-state index in [1.165, 1.54) is 5.56 Å². The van der Waals surface area contributed by atoms with Crippen molar-refractivity contribution in [3.8, 4) is 11.5 Å². The molecule has 3 rings (SSSR count). The largest absolute Gasteiger partial charge is 0.497 e. The molecule has 2 atom stereocenters. The second-order valence-corrected chi connectivity index (χ2v) is 6.06. The van der Waals surface area contributed by atoms with Gasteiger partial charge in [-0.05, 0) is 11.6 Å². The molecule has 1 heterocycles. The number of ether oxygens (including phenoxy) is 2. The fraction of sp³-hybridized carbons (Fsp3) is 0.368. The first-order valence-corrected chi connectivity index (χ1v) is 7.95. The molecule has 1 aliphatic heterocycles.